The Balaban J connectivity index is 1.92. The smallest absolute Gasteiger partial charge is 0.332 e. The summed E-state index contributed by atoms with van der Waals surface area (Å²) in [4.78, 5) is 30.7. The van der Waals surface area contributed by atoms with Crippen molar-refractivity contribution < 1.29 is 4.74 Å². The quantitative estimate of drug-likeness (QED) is 0.404. The zero-order valence-electron chi connectivity index (χ0n) is 17.7. The van der Waals surface area contributed by atoms with E-state index in [1.807, 2.05) is 65.4 Å². The predicted octanol–water partition coefficient (Wildman–Crippen LogP) is 3.00. The minimum absolute atomic E-state index is 0.124. The molecule has 0 fully saturated rings. The highest BCUT2D eigenvalue weighted by atomic mass is 16.5. The third-order valence-corrected chi connectivity index (χ3v) is 5.56. The topological polar surface area (TPSA) is 75.5 Å². The fraction of sp³-hybridized carbons (Fsp3) is 0.125. The van der Waals surface area contributed by atoms with Gasteiger partial charge in [0, 0.05) is 31.0 Å². The van der Waals surface area contributed by atoms with Gasteiger partial charge >= 0.3 is 5.69 Å². The van der Waals surface area contributed by atoms with Gasteiger partial charge in [-0.05, 0) is 24.3 Å². The lowest BCUT2D eigenvalue weighted by Crippen LogP contribution is -2.39. The van der Waals surface area contributed by atoms with E-state index in [9.17, 15) is 9.59 Å². The van der Waals surface area contributed by atoms with Gasteiger partial charge in [-0.1, -0.05) is 36.4 Å². The van der Waals surface area contributed by atoms with Crippen LogP contribution in [-0.2, 0) is 13.6 Å². The molecule has 0 unspecified atom stereocenters. The van der Waals surface area contributed by atoms with Crippen molar-refractivity contribution >= 4 is 16.9 Å². The maximum absolute atomic E-state index is 13.3. The highest BCUT2D eigenvalue weighted by molar-refractivity contribution is 5.79. The van der Waals surface area contributed by atoms with Gasteiger partial charge in [-0.3, -0.25) is 22.9 Å². The fourth-order valence-corrected chi connectivity index (χ4v) is 3.98. The van der Waals surface area contributed by atoms with Crippen LogP contribution in [0.15, 0.2) is 83.0 Å². The van der Waals surface area contributed by atoms with Crippen LogP contribution in [0.3, 0.4) is 0 Å². The third-order valence-electron chi connectivity index (χ3n) is 5.56. The molecule has 3 aromatic heterocycles. The summed E-state index contributed by atoms with van der Waals surface area (Å²) in [7, 11) is 3.24. The molecule has 0 atom stereocenters. The molecular weight excluding hydrogens is 406 g/mol. The number of hydrogen-bond donors (Lipinski definition) is 0. The first-order valence-electron chi connectivity index (χ1n) is 10.1. The summed E-state index contributed by atoms with van der Waals surface area (Å²) in [6.07, 6.45) is 3.42. The van der Waals surface area contributed by atoms with E-state index in [0.29, 0.717) is 16.9 Å². The molecule has 8 heteroatoms. The second-order valence-electron chi connectivity index (χ2n) is 7.41. The van der Waals surface area contributed by atoms with E-state index in [-0.39, 0.29) is 6.54 Å². The first-order chi connectivity index (χ1) is 15.5. The van der Waals surface area contributed by atoms with Crippen molar-refractivity contribution in [3.63, 3.8) is 0 Å². The molecule has 0 saturated carbocycles. The number of benzene rings is 2. The maximum atomic E-state index is 13.3. The van der Waals surface area contributed by atoms with Gasteiger partial charge in [0.25, 0.3) is 5.56 Å². The molecule has 160 valence electrons. The van der Waals surface area contributed by atoms with Crippen LogP contribution in [-0.4, -0.2) is 30.2 Å². The summed E-state index contributed by atoms with van der Waals surface area (Å²) in [5.41, 5.74) is 2.53. The van der Waals surface area contributed by atoms with Crippen LogP contribution in [0.2, 0.25) is 0 Å². The van der Waals surface area contributed by atoms with Gasteiger partial charge in [-0.2, -0.15) is 4.98 Å². The molecule has 5 rings (SSSR count). The molecule has 0 aliphatic rings. The molecule has 5 aromatic rings. The van der Waals surface area contributed by atoms with E-state index in [1.165, 1.54) is 10.6 Å². The van der Waals surface area contributed by atoms with E-state index < -0.39 is 11.2 Å². The molecule has 8 nitrogen and oxygen atoms in total. The lowest BCUT2D eigenvalue weighted by atomic mass is 10.1. The minimum Gasteiger partial charge on any atom is -0.497 e. The predicted molar refractivity (Wildman–Crippen MR) is 124 cm³/mol. The monoisotopic (exact) mass is 427 g/mol. The second-order valence-corrected chi connectivity index (χ2v) is 7.41. The number of nitrogens with zero attached hydrogens (tertiary/aromatic N) is 5. The summed E-state index contributed by atoms with van der Waals surface area (Å²) in [5, 5.41) is 0. The molecule has 2 aromatic carbocycles. The van der Waals surface area contributed by atoms with E-state index in [2.05, 4.69) is 6.58 Å². The normalized spacial score (nSPS) is 11.3. The Morgan fingerprint density at radius 3 is 2.44 bits per heavy atom. The number of ether oxygens (including phenoxy) is 1. The zero-order chi connectivity index (χ0) is 22.4. The van der Waals surface area contributed by atoms with Crippen molar-refractivity contribution in [2.24, 2.45) is 7.05 Å². The number of fused-ring (bicyclic) bond motifs is 3. The number of rotatable bonds is 5. The summed E-state index contributed by atoms with van der Waals surface area (Å²) in [5.74, 6) is 1.27. The van der Waals surface area contributed by atoms with Crippen LogP contribution < -0.4 is 16.0 Å². The number of imidazole rings is 2. The summed E-state index contributed by atoms with van der Waals surface area (Å²) >= 11 is 0. The van der Waals surface area contributed by atoms with Gasteiger partial charge in [0.15, 0.2) is 11.2 Å². The summed E-state index contributed by atoms with van der Waals surface area (Å²) in [6.45, 7) is 3.79. The molecule has 0 bridgehead atoms. The largest absolute Gasteiger partial charge is 0.497 e. The highest BCUT2D eigenvalue weighted by Gasteiger charge is 2.22. The SMILES string of the molecule is C=CCn1c(=O)c2c(nc3n(-c4ccc(OC)cc4)c(-c4ccccc4)cn23)n(C)c1=O. The van der Waals surface area contributed by atoms with Gasteiger partial charge in [0.05, 0.1) is 12.8 Å². The average Bonchev–Trinajstić information content (AvgIpc) is 3.37. The van der Waals surface area contributed by atoms with Crippen molar-refractivity contribution in [2.45, 2.75) is 6.54 Å². The van der Waals surface area contributed by atoms with Gasteiger partial charge in [-0.15, -0.1) is 6.58 Å². The van der Waals surface area contributed by atoms with Crippen LogP contribution in [0.25, 0.3) is 33.9 Å². The molecule has 0 amide bonds. The Labute approximate surface area is 182 Å². The highest BCUT2D eigenvalue weighted by Crippen LogP contribution is 2.29. The minimum atomic E-state index is -0.428. The molecule has 3 heterocycles. The number of allylic oxidation sites excluding steroid dienone is 1. The van der Waals surface area contributed by atoms with Crippen LogP contribution in [0.5, 0.6) is 5.75 Å². The number of aryl methyl sites for hydroxylation is 1. The lowest BCUT2D eigenvalue weighted by Gasteiger charge is -2.10. The fourth-order valence-electron chi connectivity index (χ4n) is 3.98. The summed E-state index contributed by atoms with van der Waals surface area (Å²) in [6, 6.07) is 17.5. The lowest BCUT2D eigenvalue weighted by molar-refractivity contribution is 0.415. The first kappa shape index (κ1) is 19.6. The van der Waals surface area contributed by atoms with Crippen molar-refractivity contribution in [2.75, 3.05) is 7.11 Å². The van der Waals surface area contributed by atoms with E-state index >= 15 is 0 Å². The first-order valence-corrected chi connectivity index (χ1v) is 10.1. The molecule has 32 heavy (non-hydrogen) atoms. The van der Waals surface area contributed by atoms with Crippen molar-refractivity contribution in [3.8, 4) is 22.7 Å². The van der Waals surface area contributed by atoms with Crippen LogP contribution in [0, 0.1) is 0 Å². The van der Waals surface area contributed by atoms with Crippen molar-refractivity contribution in [3.05, 3.63) is 94.3 Å². The molecule has 0 N–H and O–H groups in total. The van der Waals surface area contributed by atoms with Crippen LogP contribution in [0.4, 0.5) is 0 Å². The summed E-state index contributed by atoms with van der Waals surface area (Å²) < 4.78 is 11.6. The Hall–Kier alpha value is -4.33. The van der Waals surface area contributed by atoms with Crippen LogP contribution >= 0.6 is 0 Å². The zero-order valence-corrected chi connectivity index (χ0v) is 17.7. The Kier molecular flexibility index (Phi) is 4.55. The number of hydrogen-bond acceptors (Lipinski definition) is 4. The van der Waals surface area contributed by atoms with E-state index in [1.54, 1.807) is 18.6 Å². The van der Waals surface area contributed by atoms with Gasteiger partial charge in [0.1, 0.15) is 5.75 Å². The molecule has 0 aliphatic carbocycles. The Bertz CT molecular complexity index is 1590. The van der Waals surface area contributed by atoms with Crippen LogP contribution in [0.1, 0.15) is 0 Å². The van der Waals surface area contributed by atoms with Crippen molar-refractivity contribution in [1.82, 2.24) is 23.1 Å². The molecule has 0 spiro atoms. The molecule has 0 radical (unpaired) electrons. The second kappa shape index (κ2) is 7.42. The van der Waals surface area contributed by atoms with E-state index in [4.69, 9.17) is 9.72 Å². The molecular formula is C24H21N5O3. The van der Waals surface area contributed by atoms with Gasteiger partial charge in [-0.25, -0.2) is 4.79 Å². The number of methoxy groups -OCH3 is 1. The van der Waals surface area contributed by atoms with E-state index in [0.717, 1.165) is 27.3 Å². The maximum Gasteiger partial charge on any atom is 0.332 e. The average molecular weight is 427 g/mol. The van der Waals surface area contributed by atoms with Gasteiger partial charge in [0.2, 0.25) is 5.78 Å². The standard InChI is InChI=1S/C24H21N5O3/c1-4-14-27-22(30)20-21(26(2)24(27)31)25-23-28(20)15-19(16-8-6-5-7-9-16)29(23)17-10-12-18(32-3)13-11-17/h4-13,15H,1,14H2,2-3H3. The molecule has 0 saturated heterocycles. The molecule has 0 aliphatic heterocycles. The van der Waals surface area contributed by atoms with Gasteiger partial charge < -0.3 is 4.74 Å². The Morgan fingerprint density at radius 1 is 1.06 bits per heavy atom. The third kappa shape index (κ3) is 2.80. The number of aromatic nitrogens is 5. The Morgan fingerprint density at radius 2 is 1.78 bits per heavy atom. The van der Waals surface area contributed by atoms with Crippen molar-refractivity contribution in [1.29, 1.82) is 0 Å².